The van der Waals surface area contributed by atoms with E-state index in [1.165, 1.54) is 0 Å². The van der Waals surface area contributed by atoms with E-state index in [0.717, 1.165) is 28.4 Å². The van der Waals surface area contributed by atoms with Crippen LogP contribution in [0.4, 0.5) is 5.82 Å². The number of rotatable bonds is 3. The van der Waals surface area contributed by atoms with Gasteiger partial charge in [-0.2, -0.15) is 0 Å². The molecule has 0 amide bonds. The molecule has 1 aromatic carbocycles. The summed E-state index contributed by atoms with van der Waals surface area (Å²) in [7, 11) is 0. The van der Waals surface area contributed by atoms with Crippen molar-refractivity contribution in [3.05, 3.63) is 40.8 Å². The molecular weight excluding hydrogens is 266 g/mol. The average molecular weight is 278 g/mol. The Morgan fingerprint density at radius 1 is 1.37 bits per heavy atom. The van der Waals surface area contributed by atoms with E-state index in [-0.39, 0.29) is 12.1 Å². The monoisotopic (exact) mass is 277 g/mol. The van der Waals surface area contributed by atoms with Crippen LogP contribution in [0.3, 0.4) is 0 Å². The second-order valence-corrected chi connectivity index (χ2v) is 4.51. The normalized spacial score (nSPS) is 12.5. The molecule has 2 heterocycles. The van der Waals surface area contributed by atoms with E-state index in [1.807, 2.05) is 25.1 Å². The fourth-order valence-electron chi connectivity index (χ4n) is 1.91. The molecule has 0 fully saturated rings. The first-order chi connectivity index (χ1) is 9.24. The van der Waals surface area contributed by atoms with E-state index < -0.39 is 0 Å². The Balaban J connectivity index is 1.80. The summed E-state index contributed by atoms with van der Waals surface area (Å²) in [4.78, 5) is 8.07. The Labute approximate surface area is 115 Å². The second kappa shape index (κ2) is 4.93. The molecule has 0 unspecified atom stereocenters. The third-order valence-corrected chi connectivity index (χ3v) is 3.05. The van der Waals surface area contributed by atoms with Gasteiger partial charge in [-0.25, -0.2) is 9.97 Å². The standard InChI is InChI=1S/C13H12ClN3O2/c1-8-5-16-13(14)17-12(8)15-6-9-3-2-4-10-11(9)19-7-18-10/h2-5H,6-7H2,1H3,(H,15,16,17). The minimum absolute atomic E-state index is 0.228. The van der Waals surface area contributed by atoms with Crippen LogP contribution in [0.5, 0.6) is 11.5 Å². The molecule has 0 atom stereocenters. The van der Waals surface area contributed by atoms with Gasteiger partial charge in [0.1, 0.15) is 5.82 Å². The lowest BCUT2D eigenvalue weighted by Crippen LogP contribution is -2.05. The zero-order valence-corrected chi connectivity index (χ0v) is 11.1. The molecule has 1 aromatic heterocycles. The summed E-state index contributed by atoms with van der Waals surface area (Å²) in [6, 6.07) is 5.81. The van der Waals surface area contributed by atoms with Gasteiger partial charge < -0.3 is 14.8 Å². The fourth-order valence-corrected chi connectivity index (χ4v) is 2.04. The van der Waals surface area contributed by atoms with Gasteiger partial charge in [0.25, 0.3) is 0 Å². The summed E-state index contributed by atoms with van der Waals surface area (Å²) in [5, 5.41) is 3.46. The molecule has 2 aromatic rings. The summed E-state index contributed by atoms with van der Waals surface area (Å²) >= 11 is 5.79. The highest BCUT2D eigenvalue weighted by molar-refractivity contribution is 6.28. The molecule has 98 valence electrons. The molecule has 1 N–H and O–H groups in total. The number of nitrogens with one attached hydrogen (secondary N) is 1. The number of benzene rings is 1. The van der Waals surface area contributed by atoms with Gasteiger partial charge in [-0.3, -0.25) is 0 Å². The van der Waals surface area contributed by atoms with Crippen molar-refractivity contribution in [2.24, 2.45) is 0 Å². The lowest BCUT2D eigenvalue weighted by atomic mass is 10.2. The van der Waals surface area contributed by atoms with Crippen molar-refractivity contribution >= 4 is 17.4 Å². The number of aromatic nitrogens is 2. The van der Waals surface area contributed by atoms with E-state index in [9.17, 15) is 0 Å². The first-order valence-electron chi connectivity index (χ1n) is 5.84. The Bertz CT molecular complexity index is 619. The van der Waals surface area contributed by atoms with E-state index in [1.54, 1.807) is 6.20 Å². The van der Waals surface area contributed by atoms with Crippen molar-refractivity contribution in [3.63, 3.8) is 0 Å². The van der Waals surface area contributed by atoms with Crippen LogP contribution in [0.25, 0.3) is 0 Å². The number of halogens is 1. The molecular formula is C13H12ClN3O2. The number of para-hydroxylation sites is 1. The van der Waals surface area contributed by atoms with Gasteiger partial charge in [-0.05, 0) is 24.6 Å². The van der Waals surface area contributed by atoms with Gasteiger partial charge >= 0.3 is 0 Å². The van der Waals surface area contributed by atoms with Crippen LogP contribution in [-0.4, -0.2) is 16.8 Å². The summed E-state index contributed by atoms with van der Waals surface area (Å²) in [6.07, 6.45) is 1.69. The summed E-state index contributed by atoms with van der Waals surface area (Å²) in [5.41, 5.74) is 1.96. The lowest BCUT2D eigenvalue weighted by Gasteiger charge is -2.10. The van der Waals surface area contributed by atoms with E-state index >= 15 is 0 Å². The molecule has 5 nitrogen and oxygen atoms in total. The van der Waals surface area contributed by atoms with Crippen molar-refractivity contribution < 1.29 is 9.47 Å². The molecule has 1 aliphatic heterocycles. The first-order valence-corrected chi connectivity index (χ1v) is 6.22. The predicted molar refractivity (Wildman–Crippen MR) is 71.7 cm³/mol. The van der Waals surface area contributed by atoms with Crippen LogP contribution in [-0.2, 0) is 6.54 Å². The smallest absolute Gasteiger partial charge is 0.231 e. The minimum Gasteiger partial charge on any atom is -0.454 e. The minimum atomic E-state index is 0.228. The number of fused-ring (bicyclic) bond motifs is 1. The molecule has 0 saturated carbocycles. The first kappa shape index (κ1) is 12.0. The highest BCUT2D eigenvalue weighted by Crippen LogP contribution is 2.35. The maximum atomic E-state index is 5.79. The highest BCUT2D eigenvalue weighted by atomic mass is 35.5. The van der Waals surface area contributed by atoms with Gasteiger partial charge in [0.05, 0.1) is 0 Å². The number of hydrogen-bond donors (Lipinski definition) is 1. The van der Waals surface area contributed by atoms with Crippen molar-refractivity contribution in [2.45, 2.75) is 13.5 Å². The summed E-state index contributed by atoms with van der Waals surface area (Å²) in [5.74, 6) is 2.28. The quantitative estimate of drug-likeness (QED) is 0.874. The largest absolute Gasteiger partial charge is 0.454 e. The van der Waals surface area contributed by atoms with Crippen LogP contribution in [0.1, 0.15) is 11.1 Å². The third kappa shape index (κ3) is 2.42. The second-order valence-electron chi connectivity index (χ2n) is 4.18. The molecule has 0 spiro atoms. The molecule has 0 aliphatic carbocycles. The average Bonchev–Trinajstić information content (AvgIpc) is 2.88. The number of anilines is 1. The van der Waals surface area contributed by atoms with E-state index in [4.69, 9.17) is 21.1 Å². The number of nitrogens with zero attached hydrogens (tertiary/aromatic N) is 2. The summed E-state index contributed by atoms with van der Waals surface area (Å²) in [6.45, 7) is 2.78. The highest BCUT2D eigenvalue weighted by Gasteiger charge is 2.17. The number of ether oxygens (including phenoxy) is 2. The molecule has 3 rings (SSSR count). The SMILES string of the molecule is Cc1cnc(Cl)nc1NCc1cccc2c1OCO2. The van der Waals surface area contributed by atoms with Crippen LogP contribution in [0.15, 0.2) is 24.4 Å². The Morgan fingerprint density at radius 3 is 3.16 bits per heavy atom. The van der Waals surface area contributed by atoms with Crippen LogP contribution in [0, 0.1) is 6.92 Å². The van der Waals surface area contributed by atoms with Gasteiger partial charge in [0.2, 0.25) is 12.1 Å². The van der Waals surface area contributed by atoms with Gasteiger partial charge in [-0.15, -0.1) is 0 Å². The van der Waals surface area contributed by atoms with Crippen molar-refractivity contribution in [2.75, 3.05) is 12.1 Å². The summed E-state index contributed by atoms with van der Waals surface area (Å²) < 4.78 is 10.8. The Hall–Kier alpha value is -2.01. The van der Waals surface area contributed by atoms with Crippen molar-refractivity contribution in [3.8, 4) is 11.5 Å². The maximum absolute atomic E-state index is 5.79. The lowest BCUT2D eigenvalue weighted by molar-refractivity contribution is 0.173. The van der Waals surface area contributed by atoms with Crippen LogP contribution >= 0.6 is 11.6 Å². The van der Waals surface area contributed by atoms with Gasteiger partial charge in [-0.1, -0.05) is 12.1 Å². The molecule has 1 aliphatic rings. The number of aryl methyl sites for hydroxylation is 1. The van der Waals surface area contributed by atoms with Crippen molar-refractivity contribution in [1.29, 1.82) is 0 Å². The molecule has 19 heavy (non-hydrogen) atoms. The van der Waals surface area contributed by atoms with Gasteiger partial charge in [0.15, 0.2) is 11.5 Å². The predicted octanol–water partition coefficient (Wildman–Crippen LogP) is 2.78. The number of hydrogen-bond acceptors (Lipinski definition) is 5. The zero-order valence-electron chi connectivity index (χ0n) is 10.3. The topological polar surface area (TPSA) is 56.3 Å². The molecule has 0 bridgehead atoms. The maximum Gasteiger partial charge on any atom is 0.231 e. The third-order valence-electron chi connectivity index (χ3n) is 2.87. The van der Waals surface area contributed by atoms with Crippen LogP contribution < -0.4 is 14.8 Å². The van der Waals surface area contributed by atoms with E-state index in [2.05, 4.69) is 15.3 Å². The van der Waals surface area contributed by atoms with E-state index in [0.29, 0.717) is 6.54 Å². The van der Waals surface area contributed by atoms with Crippen LogP contribution in [0.2, 0.25) is 5.28 Å². The van der Waals surface area contributed by atoms with Crippen molar-refractivity contribution in [1.82, 2.24) is 9.97 Å². The Morgan fingerprint density at radius 2 is 2.26 bits per heavy atom. The molecule has 6 heteroatoms. The molecule has 0 radical (unpaired) electrons. The molecule has 0 saturated heterocycles. The Kier molecular flexibility index (Phi) is 3.13. The van der Waals surface area contributed by atoms with Gasteiger partial charge in [0, 0.05) is 23.9 Å². The zero-order chi connectivity index (χ0) is 13.2. The fraction of sp³-hybridized carbons (Fsp3) is 0.231.